The van der Waals surface area contributed by atoms with Gasteiger partial charge in [0.25, 0.3) is 0 Å². The van der Waals surface area contributed by atoms with Gasteiger partial charge in [0.05, 0.1) is 19.2 Å². The van der Waals surface area contributed by atoms with E-state index in [1.54, 1.807) is 11.3 Å². The number of ether oxygens (including phenoxy) is 1. The summed E-state index contributed by atoms with van der Waals surface area (Å²) >= 11 is 1.61. The highest BCUT2D eigenvalue weighted by Gasteiger charge is 2.27. The minimum atomic E-state index is -0.231. The van der Waals surface area contributed by atoms with Crippen molar-refractivity contribution in [1.82, 2.24) is 4.98 Å². The highest BCUT2D eigenvalue weighted by atomic mass is 32.1. The molecule has 0 radical (unpaired) electrons. The van der Waals surface area contributed by atoms with Crippen molar-refractivity contribution in [3.8, 4) is 0 Å². The standard InChI is InChI=1S/C12H18N2O2S/c1-8-5-14(6-9(8)2)12-13-10(7-17-12)4-11(15)16-3/h7-9H,4-6H2,1-3H3. The van der Waals surface area contributed by atoms with Crippen molar-refractivity contribution in [3.05, 3.63) is 11.1 Å². The van der Waals surface area contributed by atoms with E-state index in [1.165, 1.54) is 7.11 Å². The molecule has 0 bridgehead atoms. The van der Waals surface area contributed by atoms with E-state index in [4.69, 9.17) is 0 Å². The summed E-state index contributed by atoms with van der Waals surface area (Å²) in [6.45, 7) is 6.67. The maximum Gasteiger partial charge on any atom is 0.311 e. The molecule has 0 spiro atoms. The molecule has 1 aliphatic rings. The zero-order chi connectivity index (χ0) is 12.4. The van der Waals surface area contributed by atoms with Crippen molar-refractivity contribution in [2.24, 2.45) is 11.8 Å². The molecule has 0 saturated carbocycles. The summed E-state index contributed by atoms with van der Waals surface area (Å²) in [5, 5.41) is 2.97. The Balaban J connectivity index is 2.01. The van der Waals surface area contributed by atoms with Gasteiger partial charge >= 0.3 is 5.97 Å². The number of methoxy groups -OCH3 is 1. The van der Waals surface area contributed by atoms with Crippen LogP contribution in [-0.2, 0) is 16.0 Å². The fourth-order valence-corrected chi connectivity index (χ4v) is 2.87. The minimum Gasteiger partial charge on any atom is -0.469 e. The molecule has 5 heteroatoms. The largest absolute Gasteiger partial charge is 0.469 e. The van der Waals surface area contributed by atoms with Gasteiger partial charge in [-0.15, -0.1) is 11.3 Å². The molecule has 2 heterocycles. The lowest BCUT2D eigenvalue weighted by Gasteiger charge is -2.13. The molecule has 0 N–H and O–H groups in total. The number of esters is 1. The van der Waals surface area contributed by atoms with E-state index in [0.717, 1.165) is 23.9 Å². The average molecular weight is 254 g/mol. The average Bonchev–Trinajstić information content (AvgIpc) is 2.87. The molecule has 2 atom stereocenters. The number of hydrogen-bond donors (Lipinski definition) is 0. The SMILES string of the molecule is COC(=O)Cc1csc(N2CC(C)C(C)C2)n1. The number of carbonyl (C=O) groups is 1. The molecule has 17 heavy (non-hydrogen) atoms. The van der Waals surface area contributed by atoms with Crippen LogP contribution in [0, 0.1) is 11.8 Å². The predicted octanol–water partition coefficient (Wildman–Crippen LogP) is 1.95. The van der Waals surface area contributed by atoms with Gasteiger partial charge in [0.15, 0.2) is 5.13 Å². The Bertz CT molecular complexity index is 395. The van der Waals surface area contributed by atoms with E-state index in [1.807, 2.05) is 5.38 Å². The third-order valence-corrected chi connectivity index (χ3v) is 4.30. The second kappa shape index (κ2) is 5.04. The lowest BCUT2D eigenvalue weighted by molar-refractivity contribution is -0.139. The van der Waals surface area contributed by atoms with Crippen LogP contribution >= 0.6 is 11.3 Å². The molecule has 94 valence electrons. The number of thiazole rings is 1. The zero-order valence-electron chi connectivity index (χ0n) is 10.5. The first kappa shape index (κ1) is 12.4. The molecule has 2 rings (SSSR count). The fraction of sp³-hybridized carbons (Fsp3) is 0.667. The topological polar surface area (TPSA) is 42.4 Å². The lowest BCUT2D eigenvalue weighted by Crippen LogP contribution is -2.19. The van der Waals surface area contributed by atoms with Gasteiger partial charge in [-0.25, -0.2) is 4.98 Å². The molecule has 0 aliphatic carbocycles. The van der Waals surface area contributed by atoms with Gasteiger partial charge < -0.3 is 9.64 Å². The van der Waals surface area contributed by atoms with Crippen molar-refractivity contribution in [2.45, 2.75) is 20.3 Å². The number of carbonyl (C=O) groups excluding carboxylic acids is 1. The molecule has 0 aromatic carbocycles. The molecule has 2 unspecified atom stereocenters. The van der Waals surface area contributed by atoms with Crippen LogP contribution in [0.5, 0.6) is 0 Å². The van der Waals surface area contributed by atoms with Crippen LogP contribution in [0.3, 0.4) is 0 Å². The number of rotatable bonds is 3. The number of aromatic nitrogens is 1. The van der Waals surface area contributed by atoms with Crippen LogP contribution in [0.15, 0.2) is 5.38 Å². The normalized spacial score (nSPS) is 24.1. The summed E-state index contributed by atoms with van der Waals surface area (Å²) in [6.07, 6.45) is 0.270. The van der Waals surface area contributed by atoms with Gasteiger partial charge in [0.2, 0.25) is 0 Å². The second-order valence-electron chi connectivity index (χ2n) is 4.73. The van der Waals surface area contributed by atoms with Crippen LogP contribution in [0.1, 0.15) is 19.5 Å². The van der Waals surface area contributed by atoms with Crippen LogP contribution in [-0.4, -0.2) is 31.2 Å². The Morgan fingerprint density at radius 3 is 2.76 bits per heavy atom. The van der Waals surface area contributed by atoms with Gasteiger partial charge in [-0.3, -0.25) is 4.79 Å². The molecule has 1 aliphatic heterocycles. The lowest BCUT2D eigenvalue weighted by atomic mass is 10.0. The predicted molar refractivity (Wildman–Crippen MR) is 68.4 cm³/mol. The highest BCUT2D eigenvalue weighted by Crippen LogP contribution is 2.29. The van der Waals surface area contributed by atoms with Gasteiger partial charge in [0.1, 0.15) is 0 Å². The van der Waals surface area contributed by atoms with Crippen LogP contribution in [0.4, 0.5) is 5.13 Å². The quantitative estimate of drug-likeness (QED) is 0.773. The maximum absolute atomic E-state index is 11.1. The first-order valence-electron chi connectivity index (χ1n) is 5.86. The Hall–Kier alpha value is -1.10. The Morgan fingerprint density at radius 2 is 2.18 bits per heavy atom. The van der Waals surface area contributed by atoms with Crippen molar-refractivity contribution in [1.29, 1.82) is 0 Å². The van der Waals surface area contributed by atoms with Crippen molar-refractivity contribution >= 4 is 22.4 Å². The molecular formula is C12H18N2O2S. The van der Waals surface area contributed by atoms with E-state index < -0.39 is 0 Å². The summed E-state index contributed by atoms with van der Waals surface area (Å²) < 4.78 is 4.64. The molecule has 4 nitrogen and oxygen atoms in total. The summed E-state index contributed by atoms with van der Waals surface area (Å²) in [5.41, 5.74) is 0.809. The van der Waals surface area contributed by atoms with E-state index >= 15 is 0 Å². The van der Waals surface area contributed by atoms with Gasteiger partial charge in [0, 0.05) is 18.5 Å². The smallest absolute Gasteiger partial charge is 0.311 e. The molecule has 1 saturated heterocycles. The summed E-state index contributed by atoms with van der Waals surface area (Å²) in [6, 6.07) is 0. The third-order valence-electron chi connectivity index (χ3n) is 3.35. The number of hydrogen-bond acceptors (Lipinski definition) is 5. The maximum atomic E-state index is 11.1. The molecule has 1 fully saturated rings. The summed E-state index contributed by atoms with van der Waals surface area (Å²) in [5.74, 6) is 1.19. The van der Waals surface area contributed by atoms with E-state index in [0.29, 0.717) is 11.8 Å². The zero-order valence-corrected chi connectivity index (χ0v) is 11.3. The van der Waals surface area contributed by atoms with Crippen molar-refractivity contribution in [3.63, 3.8) is 0 Å². The number of anilines is 1. The van der Waals surface area contributed by atoms with E-state index in [9.17, 15) is 4.79 Å². The molecule has 1 aromatic rings. The van der Waals surface area contributed by atoms with Crippen molar-refractivity contribution in [2.75, 3.05) is 25.1 Å². The third kappa shape index (κ3) is 2.77. The first-order chi connectivity index (χ1) is 8.10. The monoisotopic (exact) mass is 254 g/mol. The fourth-order valence-electron chi connectivity index (χ4n) is 2.03. The molecular weight excluding hydrogens is 236 g/mol. The van der Waals surface area contributed by atoms with E-state index in [-0.39, 0.29) is 12.4 Å². The van der Waals surface area contributed by atoms with E-state index in [2.05, 4.69) is 28.5 Å². The highest BCUT2D eigenvalue weighted by molar-refractivity contribution is 7.13. The molecule has 1 aromatic heterocycles. The Kier molecular flexibility index (Phi) is 3.66. The van der Waals surface area contributed by atoms with Crippen molar-refractivity contribution < 1.29 is 9.53 Å². The number of nitrogens with zero attached hydrogens (tertiary/aromatic N) is 2. The van der Waals surface area contributed by atoms with Gasteiger partial charge in [-0.2, -0.15) is 0 Å². The minimum absolute atomic E-state index is 0.231. The van der Waals surface area contributed by atoms with Gasteiger partial charge in [-0.05, 0) is 11.8 Å². The summed E-state index contributed by atoms with van der Waals surface area (Å²) in [4.78, 5) is 17.9. The van der Waals surface area contributed by atoms with Crippen LogP contribution in [0.2, 0.25) is 0 Å². The second-order valence-corrected chi connectivity index (χ2v) is 5.57. The Labute approximate surface area is 106 Å². The van der Waals surface area contributed by atoms with Crippen LogP contribution < -0.4 is 4.90 Å². The van der Waals surface area contributed by atoms with Crippen LogP contribution in [0.25, 0.3) is 0 Å². The molecule has 0 amide bonds. The van der Waals surface area contributed by atoms with Gasteiger partial charge in [-0.1, -0.05) is 13.8 Å². The Morgan fingerprint density at radius 1 is 1.53 bits per heavy atom. The summed E-state index contributed by atoms with van der Waals surface area (Å²) in [7, 11) is 1.40. The first-order valence-corrected chi connectivity index (χ1v) is 6.74.